The zero-order valence-corrected chi connectivity index (χ0v) is 40.3. The van der Waals surface area contributed by atoms with Crippen molar-refractivity contribution in [3.8, 4) is 0 Å². The third-order valence-corrected chi connectivity index (χ3v) is 6.96. The maximum Gasteiger partial charge on any atom is 1.00 e. The molecular formula is C39H57K3. The van der Waals surface area contributed by atoms with Crippen molar-refractivity contribution >= 4 is 0 Å². The standard InChI is InChI=1S/3C13H19.3K/c3*1-10(2)11-7-6-8-12(9-11)13(3,4)5;;;/h7-10H,1-5H3;6,8-10H,1-5H3;6-7,9-10H,1-5H3;;;/q3*-1;3*+1. The Bertz CT molecular complexity index is 991. The van der Waals surface area contributed by atoms with Gasteiger partial charge in [0.05, 0.1) is 0 Å². The van der Waals surface area contributed by atoms with Crippen LogP contribution in [0, 0.1) is 18.2 Å². The molecule has 0 nitrogen and oxygen atoms in total. The summed E-state index contributed by atoms with van der Waals surface area (Å²) in [5, 5.41) is 0. The molecule has 0 radical (unpaired) electrons. The van der Waals surface area contributed by atoms with Crippen molar-refractivity contribution < 1.29 is 154 Å². The number of hydrogen-bond acceptors (Lipinski definition) is 0. The summed E-state index contributed by atoms with van der Waals surface area (Å²) >= 11 is 0. The molecule has 0 aliphatic heterocycles. The molecule has 0 aromatic heterocycles. The van der Waals surface area contributed by atoms with E-state index in [2.05, 4.69) is 165 Å². The predicted octanol–water partition coefficient (Wildman–Crippen LogP) is 2.74. The van der Waals surface area contributed by atoms with Crippen LogP contribution < -0.4 is 154 Å². The SMILES string of the molecule is CC(C)c1[c-]ccc(C(C)(C)C)c1.CC(C)c1c[c-]cc(C(C)(C)C)c1.CC(C)c1cc[c-]c(C(C)(C)C)c1.[K+].[K+].[K+]. The molecule has 0 amide bonds. The van der Waals surface area contributed by atoms with E-state index >= 15 is 0 Å². The van der Waals surface area contributed by atoms with E-state index in [0.29, 0.717) is 17.8 Å². The van der Waals surface area contributed by atoms with Crippen LogP contribution in [0.3, 0.4) is 0 Å². The van der Waals surface area contributed by atoms with Crippen LogP contribution in [0.15, 0.2) is 54.6 Å². The quantitative estimate of drug-likeness (QED) is 0.305. The van der Waals surface area contributed by atoms with Gasteiger partial charge in [0, 0.05) is 0 Å². The molecule has 0 aliphatic carbocycles. The first-order chi connectivity index (χ1) is 17.7. The summed E-state index contributed by atoms with van der Waals surface area (Å²) < 4.78 is 0. The van der Waals surface area contributed by atoms with E-state index in [1.165, 1.54) is 33.4 Å². The molecule has 0 spiro atoms. The second-order valence-corrected chi connectivity index (χ2v) is 14.8. The van der Waals surface area contributed by atoms with E-state index in [0.717, 1.165) is 0 Å². The van der Waals surface area contributed by atoms with Gasteiger partial charge in [-0.25, -0.2) is 0 Å². The zero-order valence-electron chi connectivity index (χ0n) is 30.9. The molecule has 0 fully saturated rings. The Morgan fingerprint density at radius 2 is 1.00 bits per heavy atom. The van der Waals surface area contributed by atoms with Crippen molar-refractivity contribution in [2.75, 3.05) is 0 Å². The molecule has 216 valence electrons. The van der Waals surface area contributed by atoms with Crippen LogP contribution in [0.2, 0.25) is 0 Å². The Labute approximate surface area is 390 Å². The Morgan fingerprint density at radius 3 is 1.43 bits per heavy atom. The van der Waals surface area contributed by atoms with Gasteiger partial charge in [0.1, 0.15) is 0 Å². The summed E-state index contributed by atoms with van der Waals surface area (Å²) in [5.74, 6) is 1.77. The maximum atomic E-state index is 3.30. The van der Waals surface area contributed by atoms with Gasteiger partial charge in [-0.2, -0.15) is 106 Å². The van der Waals surface area contributed by atoms with Gasteiger partial charge in [-0.15, -0.1) is 0 Å². The molecular weight excluding hydrogens is 586 g/mol. The first-order valence-electron chi connectivity index (χ1n) is 14.8. The van der Waals surface area contributed by atoms with Gasteiger partial charge < -0.3 is 0 Å². The van der Waals surface area contributed by atoms with Crippen LogP contribution >= 0.6 is 0 Å². The third kappa shape index (κ3) is 18.8. The van der Waals surface area contributed by atoms with Gasteiger partial charge in [0.15, 0.2) is 0 Å². The molecule has 3 aromatic carbocycles. The van der Waals surface area contributed by atoms with Crippen molar-refractivity contribution in [1.29, 1.82) is 0 Å². The number of hydrogen-bond donors (Lipinski definition) is 0. The predicted molar refractivity (Wildman–Crippen MR) is 174 cm³/mol. The largest absolute Gasteiger partial charge is 1.00 e. The second kappa shape index (κ2) is 22.2. The molecule has 3 rings (SSSR count). The molecule has 0 N–H and O–H groups in total. The fraction of sp³-hybridized carbons (Fsp3) is 0.538. The Hall–Kier alpha value is 2.57. The molecule has 0 saturated carbocycles. The third-order valence-electron chi connectivity index (χ3n) is 6.96. The monoisotopic (exact) mass is 642 g/mol. The fourth-order valence-corrected chi connectivity index (χ4v) is 3.82. The van der Waals surface area contributed by atoms with Gasteiger partial charge in [0.25, 0.3) is 0 Å². The van der Waals surface area contributed by atoms with Crippen LogP contribution in [0.5, 0.6) is 0 Å². The topological polar surface area (TPSA) is 0 Å². The van der Waals surface area contributed by atoms with E-state index in [1.807, 2.05) is 12.1 Å². The van der Waals surface area contributed by atoms with Gasteiger partial charge in [0.2, 0.25) is 0 Å². The van der Waals surface area contributed by atoms with E-state index in [-0.39, 0.29) is 170 Å². The molecule has 0 bridgehead atoms. The molecule has 0 unspecified atom stereocenters. The van der Waals surface area contributed by atoms with E-state index < -0.39 is 0 Å². The molecule has 0 saturated heterocycles. The van der Waals surface area contributed by atoms with E-state index in [9.17, 15) is 0 Å². The van der Waals surface area contributed by atoms with Crippen LogP contribution in [0.25, 0.3) is 0 Å². The zero-order chi connectivity index (χ0) is 30.2. The molecule has 42 heavy (non-hydrogen) atoms. The number of benzene rings is 3. The minimum absolute atomic E-state index is 0. The first-order valence-corrected chi connectivity index (χ1v) is 14.8. The minimum Gasteiger partial charge on any atom is -0.183 e. The average Bonchev–Trinajstić information content (AvgIpc) is 2.83. The van der Waals surface area contributed by atoms with Crippen molar-refractivity contribution in [3.05, 3.63) is 106 Å². The summed E-state index contributed by atoms with van der Waals surface area (Å²) in [7, 11) is 0. The second-order valence-electron chi connectivity index (χ2n) is 14.8. The van der Waals surface area contributed by atoms with Gasteiger partial charge in [-0.3, -0.25) is 0 Å². The van der Waals surface area contributed by atoms with Crippen molar-refractivity contribution in [2.45, 2.75) is 138 Å². The molecule has 0 heterocycles. The average molecular weight is 643 g/mol. The summed E-state index contributed by atoms with van der Waals surface area (Å²) in [5.41, 5.74) is 8.88. The summed E-state index contributed by atoms with van der Waals surface area (Å²) in [6.07, 6.45) is 0. The smallest absolute Gasteiger partial charge is 0.183 e. The van der Waals surface area contributed by atoms with Gasteiger partial charge >= 0.3 is 154 Å². The Morgan fingerprint density at radius 1 is 0.500 bits per heavy atom. The van der Waals surface area contributed by atoms with E-state index in [1.54, 1.807) is 0 Å². The Kier molecular flexibility index (Phi) is 25.9. The van der Waals surface area contributed by atoms with E-state index in [4.69, 9.17) is 0 Å². The van der Waals surface area contributed by atoms with Gasteiger partial charge in [-0.1, -0.05) is 115 Å². The fourth-order valence-electron chi connectivity index (χ4n) is 3.82. The van der Waals surface area contributed by atoms with Crippen molar-refractivity contribution in [3.63, 3.8) is 0 Å². The van der Waals surface area contributed by atoms with Crippen LogP contribution in [0.1, 0.15) is 155 Å². The van der Waals surface area contributed by atoms with Crippen molar-refractivity contribution in [1.82, 2.24) is 0 Å². The van der Waals surface area contributed by atoms with Crippen LogP contribution in [-0.4, -0.2) is 0 Å². The summed E-state index contributed by atoms with van der Waals surface area (Å²) in [6.45, 7) is 33.4. The summed E-state index contributed by atoms with van der Waals surface area (Å²) in [6, 6.07) is 29.2. The normalized spacial score (nSPS) is 11.3. The van der Waals surface area contributed by atoms with Crippen LogP contribution in [-0.2, 0) is 16.2 Å². The van der Waals surface area contributed by atoms with Crippen LogP contribution in [0.4, 0.5) is 0 Å². The minimum atomic E-state index is 0. The number of rotatable bonds is 3. The molecule has 0 atom stereocenters. The first kappa shape index (κ1) is 49.0. The molecule has 3 heteroatoms. The Balaban J connectivity index is -0.000000524. The maximum absolute atomic E-state index is 3.30. The molecule has 3 aromatic rings. The van der Waals surface area contributed by atoms with Crippen molar-refractivity contribution in [2.24, 2.45) is 0 Å². The van der Waals surface area contributed by atoms with Gasteiger partial charge in [-0.05, 0) is 22.7 Å². The summed E-state index contributed by atoms with van der Waals surface area (Å²) in [4.78, 5) is 0. The molecule has 0 aliphatic rings.